The van der Waals surface area contributed by atoms with Gasteiger partial charge in [0.05, 0.1) is 25.1 Å². The topological polar surface area (TPSA) is 60.5 Å². The van der Waals surface area contributed by atoms with Crippen molar-refractivity contribution in [3.8, 4) is 11.5 Å². The van der Waals surface area contributed by atoms with Crippen molar-refractivity contribution in [2.75, 3.05) is 18.5 Å². The van der Waals surface area contributed by atoms with E-state index in [0.29, 0.717) is 36.0 Å². The number of rotatable bonds is 6. The number of amides is 1. The minimum absolute atomic E-state index is 0.216. The van der Waals surface area contributed by atoms with Crippen LogP contribution in [0.2, 0.25) is 0 Å². The van der Waals surface area contributed by atoms with Crippen LogP contribution in [0.15, 0.2) is 42.7 Å². The molecule has 1 heterocycles. The van der Waals surface area contributed by atoms with E-state index in [1.807, 2.05) is 13.8 Å². The Hall–Kier alpha value is -2.56. The Morgan fingerprint density at radius 2 is 1.90 bits per heavy atom. The molecule has 0 aliphatic heterocycles. The lowest BCUT2D eigenvalue weighted by Crippen LogP contribution is -2.12. The van der Waals surface area contributed by atoms with Gasteiger partial charge in [-0.15, -0.1) is 0 Å². The number of carbonyl (C=O) groups excluding carboxylic acids is 1. The highest BCUT2D eigenvalue weighted by Gasteiger charge is 2.11. The molecule has 2 rings (SSSR count). The molecule has 0 fully saturated rings. The number of aromatic nitrogens is 1. The third kappa shape index (κ3) is 3.95. The first kappa shape index (κ1) is 14.8. The predicted octanol–water partition coefficient (Wildman–Crippen LogP) is 3.13. The highest BCUT2D eigenvalue weighted by atomic mass is 16.5. The maximum atomic E-state index is 12.2. The van der Waals surface area contributed by atoms with Crippen molar-refractivity contribution < 1.29 is 14.3 Å². The lowest BCUT2D eigenvalue weighted by molar-refractivity contribution is 0.102. The maximum absolute atomic E-state index is 12.2. The lowest BCUT2D eigenvalue weighted by Gasteiger charge is -2.12. The minimum atomic E-state index is -0.216. The molecule has 1 aromatic carbocycles. The van der Waals surface area contributed by atoms with Crippen molar-refractivity contribution in [1.29, 1.82) is 0 Å². The largest absolute Gasteiger partial charge is 0.490 e. The van der Waals surface area contributed by atoms with E-state index in [9.17, 15) is 4.79 Å². The summed E-state index contributed by atoms with van der Waals surface area (Å²) in [4.78, 5) is 16.2. The Morgan fingerprint density at radius 3 is 2.57 bits per heavy atom. The van der Waals surface area contributed by atoms with E-state index in [4.69, 9.17) is 9.47 Å². The van der Waals surface area contributed by atoms with Gasteiger partial charge in [0.2, 0.25) is 0 Å². The van der Waals surface area contributed by atoms with Crippen LogP contribution in [0.25, 0.3) is 0 Å². The van der Waals surface area contributed by atoms with Gasteiger partial charge in [0, 0.05) is 11.8 Å². The van der Waals surface area contributed by atoms with Gasteiger partial charge in [-0.1, -0.05) is 0 Å². The highest BCUT2D eigenvalue weighted by molar-refractivity contribution is 6.04. The van der Waals surface area contributed by atoms with Gasteiger partial charge >= 0.3 is 0 Å². The normalized spacial score (nSPS) is 10.0. The van der Waals surface area contributed by atoms with Gasteiger partial charge < -0.3 is 14.8 Å². The Morgan fingerprint density at radius 1 is 1.14 bits per heavy atom. The lowest BCUT2D eigenvalue weighted by atomic mass is 10.2. The third-order valence-corrected chi connectivity index (χ3v) is 2.72. The van der Waals surface area contributed by atoms with Crippen molar-refractivity contribution in [1.82, 2.24) is 4.98 Å². The number of hydrogen-bond acceptors (Lipinski definition) is 4. The average molecular weight is 286 g/mol. The number of hydrogen-bond donors (Lipinski definition) is 1. The molecular weight excluding hydrogens is 268 g/mol. The molecule has 0 saturated heterocycles. The second-order valence-corrected chi connectivity index (χ2v) is 4.22. The molecule has 0 aliphatic rings. The number of ether oxygens (including phenoxy) is 2. The molecule has 1 aromatic heterocycles. The number of anilines is 1. The summed E-state index contributed by atoms with van der Waals surface area (Å²) in [5.74, 6) is 0.988. The van der Waals surface area contributed by atoms with Crippen molar-refractivity contribution in [2.24, 2.45) is 0 Å². The van der Waals surface area contributed by atoms with E-state index in [-0.39, 0.29) is 5.91 Å². The Labute approximate surface area is 123 Å². The number of carbonyl (C=O) groups is 1. The molecule has 21 heavy (non-hydrogen) atoms. The molecule has 0 aliphatic carbocycles. The van der Waals surface area contributed by atoms with Crippen LogP contribution in [0.4, 0.5) is 5.69 Å². The summed E-state index contributed by atoms with van der Waals surface area (Å²) in [5, 5.41) is 2.78. The van der Waals surface area contributed by atoms with Crippen LogP contribution in [0.3, 0.4) is 0 Å². The van der Waals surface area contributed by atoms with Gasteiger partial charge in [-0.2, -0.15) is 0 Å². The van der Waals surface area contributed by atoms with Gasteiger partial charge in [-0.3, -0.25) is 9.78 Å². The van der Waals surface area contributed by atoms with E-state index in [1.165, 1.54) is 0 Å². The zero-order chi connectivity index (χ0) is 15.1. The zero-order valence-electron chi connectivity index (χ0n) is 12.1. The van der Waals surface area contributed by atoms with Gasteiger partial charge in [-0.25, -0.2) is 0 Å². The van der Waals surface area contributed by atoms with Gasteiger partial charge in [0.1, 0.15) is 0 Å². The standard InChI is InChI=1S/C16H18N2O3/c1-3-20-14-8-7-12(10-15(14)21-4-2)16(19)18-13-6-5-9-17-11-13/h5-11H,3-4H2,1-2H3,(H,18,19). The molecule has 0 atom stereocenters. The van der Waals surface area contributed by atoms with E-state index < -0.39 is 0 Å². The van der Waals surface area contributed by atoms with Crippen LogP contribution in [-0.4, -0.2) is 24.1 Å². The molecule has 110 valence electrons. The summed E-state index contributed by atoms with van der Waals surface area (Å²) in [7, 11) is 0. The molecule has 0 saturated carbocycles. The highest BCUT2D eigenvalue weighted by Crippen LogP contribution is 2.28. The van der Waals surface area contributed by atoms with E-state index in [1.54, 1.807) is 42.7 Å². The molecule has 0 spiro atoms. The van der Waals surface area contributed by atoms with Gasteiger partial charge in [0.25, 0.3) is 5.91 Å². The third-order valence-electron chi connectivity index (χ3n) is 2.72. The Kier molecular flexibility index (Phi) is 5.15. The molecule has 0 unspecified atom stereocenters. The van der Waals surface area contributed by atoms with Crippen LogP contribution < -0.4 is 14.8 Å². The van der Waals surface area contributed by atoms with Crippen LogP contribution >= 0.6 is 0 Å². The molecule has 5 heteroatoms. The molecule has 1 amide bonds. The molecule has 0 radical (unpaired) electrons. The van der Waals surface area contributed by atoms with Crippen LogP contribution in [0.5, 0.6) is 11.5 Å². The van der Waals surface area contributed by atoms with Crippen molar-refractivity contribution in [2.45, 2.75) is 13.8 Å². The van der Waals surface area contributed by atoms with Crippen LogP contribution in [-0.2, 0) is 0 Å². The summed E-state index contributed by atoms with van der Waals surface area (Å²) in [6.45, 7) is 4.84. The second kappa shape index (κ2) is 7.28. The van der Waals surface area contributed by atoms with Crippen molar-refractivity contribution in [3.05, 3.63) is 48.3 Å². The molecular formula is C16H18N2O3. The van der Waals surface area contributed by atoms with Crippen LogP contribution in [0.1, 0.15) is 24.2 Å². The number of nitrogens with one attached hydrogen (secondary N) is 1. The number of pyridine rings is 1. The fourth-order valence-electron chi connectivity index (χ4n) is 1.83. The number of nitrogens with zero attached hydrogens (tertiary/aromatic N) is 1. The number of benzene rings is 1. The summed E-state index contributed by atoms with van der Waals surface area (Å²) in [6, 6.07) is 8.68. The van der Waals surface area contributed by atoms with Gasteiger partial charge in [-0.05, 0) is 44.2 Å². The van der Waals surface area contributed by atoms with Crippen molar-refractivity contribution >= 4 is 11.6 Å². The van der Waals surface area contributed by atoms with E-state index in [0.717, 1.165) is 0 Å². The summed E-state index contributed by atoms with van der Waals surface area (Å²) in [5.41, 5.74) is 1.15. The fraction of sp³-hybridized carbons (Fsp3) is 0.250. The molecule has 5 nitrogen and oxygen atoms in total. The first-order chi connectivity index (χ1) is 10.2. The summed E-state index contributed by atoms with van der Waals surface area (Å²) in [6.07, 6.45) is 3.25. The average Bonchev–Trinajstić information content (AvgIpc) is 2.50. The Balaban J connectivity index is 2.19. The SMILES string of the molecule is CCOc1ccc(C(=O)Nc2cccnc2)cc1OCC. The molecule has 0 bridgehead atoms. The summed E-state index contributed by atoms with van der Waals surface area (Å²) < 4.78 is 11.0. The van der Waals surface area contributed by atoms with E-state index >= 15 is 0 Å². The second-order valence-electron chi connectivity index (χ2n) is 4.22. The smallest absolute Gasteiger partial charge is 0.255 e. The predicted molar refractivity (Wildman–Crippen MR) is 81.0 cm³/mol. The fourth-order valence-corrected chi connectivity index (χ4v) is 1.83. The monoisotopic (exact) mass is 286 g/mol. The maximum Gasteiger partial charge on any atom is 0.255 e. The van der Waals surface area contributed by atoms with Crippen molar-refractivity contribution in [3.63, 3.8) is 0 Å². The first-order valence-electron chi connectivity index (χ1n) is 6.85. The zero-order valence-corrected chi connectivity index (χ0v) is 12.1. The molecule has 1 N–H and O–H groups in total. The minimum Gasteiger partial charge on any atom is -0.490 e. The quantitative estimate of drug-likeness (QED) is 0.886. The Bertz CT molecular complexity index is 600. The summed E-state index contributed by atoms with van der Waals surface area (Å²) >= 11 is 0. The van der Waals surface area contributed by atoms with E-state index in [2.05, 4.69) is 10.3 Å². The first-order valence-corrected chi connectivity index (χ1v) is 6.85. The molecule has 2 aromatic rings. The van der Waals surface area contributed by atoms with Gasteiger partial charge in [0.15, 0.2) is 11.5 Å². The van der Waals surface area contributed by atoms with Crippen LogP contribution in [0, 0.1) is 0 Å².